The van der Waals surface area contributed by atoms with Gasteiger partial charge in [-0.1, -0.05) is 0 Å². The fourth-order valence-electron chi connectivity index (χ4n) is 1.42. The molecular formula is C8H16N2O4S. The Bertz CT molecular complexity index is 322. The van der Waals surface area contributed by atoms with Gasteiger partial charge in [0.1, 0.15) is 0 Å². The smallest absolute Gasteiger partial charge is 0.323 e. The summed E-state index contributed by atoms with van der Waals surface area (Å²) >= 11 is 0. The number of hydrogen-bond acceptors (Lipinski definition) is 4. The number of carboxylic acid groups (broad SMARTS) is 1. The second-order valence-corrected chi connectivity index (χ2v) is 5.72. The molecule has 1 heterocycles. The zero-order valence-corrected chi connectivity index (χ0v) is 9.38. The molecule has 2 atom stereocenters. The van der Waals surface area contributed by atoms with E-state index in [1.807, 2.05) is 0 Å². The first-order valence-corrected chi connectivity index (χ1v) is 6.43. The summed E-state index contributed by atoms with van der Waals surface area (Å²) in [7, 11) is -3.75. The minimum atomic E-state index is -3.75. The highest BCUT2D eigenvalue weighted by Crippen LogP contribution is 2.06. The average Bonchev–Trinajstić information content (AvgIpc) is 2.17. The predicted octanol–water partition coefficient (Wildman–Crippen LogP) is -0.869. The number of piperidine rings is 1. The fourth-order valence-corrected chi connectivity index (χ4v) is 2.55. The largest absolute Gasteiger partial charge is 0.480 e. The van der Waals surface area contributed by atoms with Crippen molar-refractivity contribution in [3.8, 4) is 0 Å². The van der Waals surface area contributed by atoms with Crippen molar-refractivity contribution in [3.05, 3.63) is 0 Å². The van der Waals surface area contributed by atoms with E-state index < -0.39 is 21.2 Å². The van der Waals surface area contributed by atoms with E-state index in [0.29, 0.717) is 6.54 Å². The van der Waals surface area contributed by atoms with Gasteiger partial charge in [-0.05, 0) is 26.3 Å². The van der Waals surface area contributed by atoms with Crippen LogP contribution in [-0.4, -0.2) is 43.9 Å². The summed E-state index contributed by atoms with van der Waals surface area (Å²) < 4.78 is 25.4. The van der Waals surface area contributed by atoms with E-state index >= 15 is 0 Å². The summed E-state index contributed by atoms with van der Waals surface area (Å²) in [5, 5.41) is 10.3. The van der Waals surface area contributed by atoms with Crippen molar-refractivity contribution in [1.29, 1.82) is 0 Å². The Labute approximate surface area is 89.1 Å². The van der Waals surface area contributed by atoms with E-state index in [9.17, 15) is 13.2 Å². The maximum absolute atomic E-state index is 11.5. The summed E-state index contributed by atoms with van der Waals surface area (Å²) in [4.78, 5) is 10.6. The molecule has 3 N–H and O–H groups in total. The molecule has 1 unspecified atom stereocenters. The lowest BCUT2D eigenvalue weighted by Crippen LogP contribution is -2.49. The molecule has 0 aliphatic carbocycles. The van der Waals surface area contributed by atoms with Gasteiger partial charge in [0.15, 0.2) is 5.25 Å². The zero-order chi connectivity index (χ0) is 11.5. The Morgan fingerprint density at radius 2 is 2.27 bits per heavy atom. The molecule has 15 heavy (non-hydrogen) atoms. The van der Waals surface area contributed by atoms with Crippen molar-refractivity contribution < 1.29 is 18.3 Å². The molecule has 0 aromatic rings. The van der Waals surface area contributed by atoms with Crippen LogP contribution >= 0.6 is 0 Å². The lowest BCUT2D eigenvalue weighted by atomic mass is 10.1. The van der Waals surface area contributed by atoms with Crippen LogP contribution in [0.5, 0.6) is 0 Å². The molecule has 0 aromatic carbocycles. The first kappa shape index (κ1) is 12.4. The number of carboxylic acids is 1. The minimum absolute atomic E-state index is 0.189. The third-order valence-electron chi connectivity index (χ3n) is 2.44. The average molecular weight is 236 g/mol. The number of carbonyl (C=O) groups is 1. The molecule has 0 aromatic heterocycles. The van der Waals surface area contributed by atoms with Gasteiger partial charge in [0.2, 0.25) is 10.0 Å². The molecule has 0 amide bonds. The van der Waals surface area contributed by atoms with E-state index in [2.05, 4.69) is 10.0 Å². The van der Waals surface area contributed by atoms with Crippen LogP contribution in [0.3, 0.4) is 0 Å². The molecule has 0 spiro atoms. The van der Waals surface area contributed by atoms with Crippen LogP contribution in [0.15, 0.2) is 0 Å². The SMILES string of the molecule is CC(C(=O)O)S(=O)(=O)N[C@@H]1CCCNC1. The maximum atomic E-state index is 11.5. The van der Waals surface area contributed by atoms with Crippen LogP contribution in [0.25, 0.3) is 0 Å². The number of hydrogen-bond donors (Lipinski definition) is 3. The van der Waals surface area contributed by atoms with Gasteiger partial charge in [-0.2, -0.15) is 0 Å². The molecule has 7 heteroatoms. The summed E-state index contributed by atoms with van der Waals surface area (Å²) in [6, 6.07) is -0.189. The van der Waals surface area contributed by atoms with Crippen LogP contribution in [0.2, 0.25) is 0 Å². The van der Waals surface area contributed by atoms with E-state index in [4.69, 9.17) is 5.11 Å². The standard InChI is InChI=1S/C8H16N2O4S/c1-6(8(11)12)15(13,14)10-7-3-2-4-9-5-7/h6-7,9-10H,2-5H2,1H3,(H,11,12)/t6?,7-/m1/s1. The molecule has 6 nitrogen and oxygen atoms in total. The van der Waals surface area contributed by atoms with Gasteiger partial charge in [0.25, 0.3) is 0 Å². The molecular weight excluding hydrogens is 220 g/mol. The Morgan fingerprint density at radius 3 is 2.73 bits per heavy atom. The van der Waals surface area contributed by atoms with Crippen LogP contribution in [0.1, 0.15) is 19.8 Å². The predicted molar refractivity (Wildman–Crippen MR) is 55.0 cm³/mol. The van der Waals surface area contributed by atoms with Crippen molar-refractivity contribution in [1.82, 2.24) is 10.0 Å². The molecule has 1 aliphatic heterocycles. The topological polar surface area (TPSA) is 95.5 Å². The molecule has 1 rings (SSSR count). The van der Waals surface area contributed by atoms with E-state index in [1.54, 1.807) is 0 Å². The first-order chi connectivity index (χ1) is 6.93. The van der Waals surface area contributed by atoms with Gasteiger partial charge >= 0.3 is 5.97 Å². The Morgan fingerprint density at radius 1 is 1.60 bits per heavy atom. The van der Waals surface area contributed by atoms with Gasteiger partial charge in [-0.3, -0.25) is 4.79 Å². The zero-order valence-electron chi connectivity index (χ0n) is 8.56. The third kappa shape index (κ3) is 3.44. The summed E-state index contributed by atoms with van der Waals surface area (Å²) in [5.41, 5.74) is 0. The molecule has 1 aliphatic rings. The molecule has 0 bridgehead atoms. The molecule has 1 fully saturated rings. The second kappa shape index (κ2) is 4.91. The van der Waals surface area contributed by atoms with Gasteiger partial charge in [-0.25, -0.2) is 13.1 Å². The maximum Gasteiger partial charge on any atom is 0.323 e. The summed E-state index contributed by atoms with van der Waals surface area (Å²) in [6.07, 6.45) is 1.65. The minimum Gasteiger partial charge on any atom is -0.480 e. The van der Waals surface area contributed by atoms with Crippen molar-refractivity contribution in [3.63, 3.8) is 0 Å². The summed E-state index contributed by atoms with van der Waals surface area (Å²) in [5.74, 6) is -1.33. The van der Waals surface area contributed by atoms with Crippen molar-refractivity contribution >= 4 is 16.0 Å². The lowest BCUT2D eigenvalue weighted by Gasteiger charge is -2.24. The number of nitrogens with one attached hydrogen (secondary N) is 2. The normalized spacial score (nSPS) is 24.7. The van der Waals surface area contributed by atoms with E-state index in [-0.39, 0.29) is 6.04 Å². The van der Waals surface area contributed by atoms with E-state index in [1.165, 1.54) is 6.92 Å². The number of aliphatic carboxylic acids is 1. The van der Waals surface area contributed by atoms with Gasteiger partial charge in [-0.15, -0.1) is 0 Å². The molecule has 1 saturated heterocycles. The van der Waals surface area contributed by atoms with Gasteiger partial charge in [0, 0.05) is 12.6 Å². The third-order valence-corrected chi connectivity index (χ3v) is 4.24. The van der Waals surface area contributed by atoms with E-state index in [0.717, 1.165) is 19.4 Å². The molecule has 88 valence electrons. The monoisotopic (exact) mass is 236 g/mol. The Kier molecular flexibility index (Phi) is 4.06. The molecule has 0 saturated carbocycles. The quantitative estimate of drug-likeness (QED) is 0.590. The van der Waals surface area contributed by atoms with Crippen LogP contribution in [-0.2, 0) is 14.8 Å². The van der Waals surface area contributed by atoms with Crippen LogP contribution in [0.4, 0.5) is 0 Å². The highest BCUT2D eigenvalue weighted by molar-refractivity contribution is 7.90. The Balaban J connectivity index is 2.58. The van der Waals surface area contributed by atoms with Crippen molar-refractivity contribution in [2.75, 3.05) is 13.1 Å². The second-order valence-electron chi connectivity index (χ2n) is 3.69. The first-order valence-electron chi connectivity index (χ1n) is 4.88. The number of sulfonamides is 1. The number of rotatable bonds is 4. The lowest BCUT2D eigenvalue weighted by molar-refractivity contribution is -0.136. The highest BCUT2D eigenvalue weighted by atomic mass is 32.2. The molecule has 0 radical (unpaired) electrons. The highest BCUT2D eigenvalue weighted by Gasteiger charge is 2.30. The Hall–Kier alpha value is -0.660. The van der Waals surface area contributed by atoms with Crippen molar-refractivity contribution in [2.45, 2.75) is 31.1 Å². The van der Waals surface area contributed by atoms with Gasteiger partial charge in [0.05, 0.1) is 0 Å². The fraction of sp³-hybridized carbons (Fsp3) is 0.875. The van der Waals surface area contributed by atoms with Crippen molar-refractivity contribution in [2.24, 2.45) is 0 Å². The van der Waals surface area contributed by atoms with Gasteiger partial charge < -0.3 is 10.4 Å². The summed E-state index contributed by atoms with van der Waals surface area (Å²) in [6.45, 7) is 2.61. The van der Waals surface area contributed by atoms with Crippen LogP contribution in [0, 0.1) is 0 Å². The van der Waals surface area contributed by atoms with Crippen LogP contribution < -0.4 is 10.0 Å².